The molecule has 4 rings (SSSR count). The monoisotopic (exact) mass is 263 g/mol. The highest BCUT2D eigenvalue weighted by Gasteiger charge is 2.22. The van der Waals surface area contributed by atoms with E-state index in [2.05, 4.69) is 47.8 Å². The van der Waals surface area contributed by atoms with Crippen molar-refractivity contribution in [2.24, 2.45) is 0 Å². The molecule has 2 aliphatic rings. The Morgan fingerprint density at radius 2 is 1.85 bits per heavy atom. The number of nitrogens with one attached hydrogen (secondary N) is 1. The second-order valence-electron chi connectivity index (χ2n) is 6.12. The molecule has 0 bridgehead atoms. The molecule has 0 unspecified atom stereocenters. The first kappa shape index (κ1) is 12.0. The van der Waals surface area contributed by atoms with Crippen molar-refractivity contribution < 1.29 is 0 Å². The van der Waals surface area contributed by atoms with Crippen LogP contribution >= 0.6 is 0 Å². The number of rotatable bonds is 2. The van der Waals surface area contributed by atoms with Gasteiger partial charge < -0.3 is 5.32 Å². The largest absolute Gasteiger partial charge is 0.385 e. The highest BCUT2D eigenvalue weighted by molar-refractivity contribution is 5.72. The Hall–Kier alpha value is -1.76. The van der Waals surface area contributed by atoms with Crippen LogP contribution in [0, 0.1) is 0 Å². The zero-order chi connectivity index (χ0) is 13.4. The van der Waals surface area contributed by atoms with Crippen molar-refractivity contribution in [1.29, 1.82) is 0 Å². The van der Waals surface area contributed by atoms with Crippen molar-refractivity contribution in [1.82, 2.24) is 0 Å². The van der Waals surface area contributed by atoms with E-state index in [1.807, 2.05) is 0 Å². The molecule has 0 aromatic heterocycles. The van der Waals surface area contributed by atoms with Gasteiger partial charge in [0.1, 0.15) is 0 Å². The Labute approximate surface area is 121 Å². The van der Waals surface area contributed by atoms with Gasteiger partial charge in [-0.15, -0.1) is 0 Å². The van der Waals surface area contributed by atoms with E-state index in [1.165, 1.54) is 54.5 Å². The molecule has 1 aliphatic heterocycles. The lowest BCUT2D eigenvalue weighted by atomic mass is 9.77. The molecule has 1 heterocycles. The zero-order valence-corrected chi connectivity index (χ0v) is 11.9. The molecule has 0 atom stereocenters. The summed E-state index contributed by atoms with van der Waals surface area (Å²) in [5.41, 5.74) is 7.22. The van der Waals surface area contributed by atoms with Crippen molar-refractivity contribution in [2.45, 2.75) is 38.0 Å². The van der Waals surface area contributed by atoms with Crippen LogP contribution in [0.1, 0.15) is 42.7 Å². The molecule has 1 saturated carbocycles. The van der Waals surface area contributed by atoms with Crippen LogP contribution < -0.4 is 5.32 Å². The summed E-state index contributed by atoms with van der Waals surface area (Å²) in [6.07, 6.45) is 6.59. The molecule has 0 spiro atoms. The zero-order valence-electron chi connectivity index (χ0n) is 11.9. The Kier molecular flexibility index (Phi) is 2.99. The molecular formula is C19H21N. The van der Waals surface area contributed by atoms with Crippen LogP contribution in [-0.4, -0.2) is 6.54 Å². The van der Waals surface area contributed by atoms with E-state index in [0.717, 1.165) is 12.5 Å². The van der Waals surface area contributed by atoms with E-state index in [0.29, 0.717) is 0 Å². The fraction of sp³-hybridized carbons (Fsp3) is 0.368. The number of hydrogen-bond acceptors (Lipinski definition) is 1. The summed E-state index contributed by atoms with van der Waals surface area (Å²) in [5.74, 6) is 0.792. The topological polar surface area (TPSA) is 12.0 Å². The lowest BCUT2D eigenvalue weighted by Gasteiger charge is -2.28. The number of anilines is 1. The van der Waals surface area contributed by atoms with Gasteiger partial charge in [-0.25, -0.2) is 0 Å². The summed E-state index contributed by atoms with van der Waals surface area (Å²) in [4.78, 5) is 0. The predicted molar refractivity (Wildman–Crippen MR) is 85.3 cm³/mol. The van der Waals surface area contributed by atoms with E-state index in [-0.39, 0.29) is 0 Å². The van der Waals surface area contributed by atoms with Crippen LogP contribution in [0.25, 0.3) is 11.1 Å². The van der Waals surface area contributed by atoms with Gasteiger partial charge in [0.25, 0.3) is 0 Å². The van der Waals surface area contributed by atoms with Gasteiger partial charge in [-0.1, -0.05) is 36.8 Å². The summed E-state index contributed by atoms with van der Waals surface area (Å²) in [5, 5.41) is 3.50. The van der Waals surface area contributed by atoms with Crippen molar-refractivity contribution in [3.05, 3.63) is 53.6 Å². The molecule has 0 saturated heterocycles. The second-order valence-corrected chi connectivity index (χ2v) is 6.12. The van der Waals surface area contributed by atoms with Crippen LogP contribution in [0.15, 0.2) is 42.5 Å². The number of aryl methyl sites for hydroxylation is 1. The first-order valence-electron chi connectivity index (χ1n) is 7.88. The lowest BCUT2D eigenvalue weighted by molar-refractivity contribution is 0.420. The van der Waals surface area contributed by atoms with Crippen LogP contribution in [-0.2, 0) is 6.42 Å². The molecule has 1 aliphatic carbocycles. The van der Waals surface area contributed by atoms with Crippen LogP contribution in [0.5, 0.6) is 0 Å². The lowest BCUT2D eigenvalue weighted by Crippen LogP contribution is -2.12. The standard InChI is InChI=1S/C19H21N/c1-2-9-18(17(8-1)14-5-3-6-14)15-10-11-19-16(13-15)7-4-12-20-19/h1-2,8-11,13-14,20H,3-7,12H2. The minimum Gasteiger partial charge on any atom is -0.385 e. The average molecular weight is 263 g/mol. The molecule has 1 nitrogen and oxygen atoms in total. The quantitative estimate of drug-likeness (QED) is 0.805. The molecule has 1 fully saturated rings. The fourth-order valence-corrected chi connectivity index (χ4v) is 3.48. The van der Waals surface area contributed by atoms with E-state index in [4.69, 9.17) is 0 Å². The van der Waals surface area contributed by atoms with Gasteiger partial charge in [-0.2, -0.15) is 0 Å². The molecule has 102 valence electrons. The van der Waals surface area contributed by atoms with Crippen molar-refractivity contribution in [2.75, 3.05) is 11.9 Å². The molecule has 1 N–H and O–H groups in total. The maximum Gasteiger partial charge on any atom is 0.0373 e. The maximum absolute atomic E-state index is 3.50. The Morgan fingerprint density at radius 3 is 2.70 bits per heavy atom. The van der Waals surface area contributed by atoms with Gasteiger partial charge in [0.2, 0.25) is 0 Å². The van der Waals surface area contributed by atoms with E-state index in [9.17, 15) is 0 Å². The van der Waals surface area contributed by atoms with Gasteiger partial charge in [0.05, 0.1) is 0 Å². The van der Waals surface area contributed by atoms with Crippen molar-refractivity contribution in [3.8, 4) is 11.1 Å². The van der Waals surface area contributed by atoms with Crippen molar-refractivity contribution >= 4 is 5.69 Å². The first-order valence-corrected chi connectivity index (χ1v) is 7.88. The molecule has 1 heteroatoms. The Bertz CT molecular complexity index is 625. The molecule has 0 amide bonds. The third kappa shape index (κ3) is 2.02. The number of benzene rings is 2. The summed E-state index contributed by atoms with van der Waals surface area (Å²) in [7, 11) is 0. The predicted octanol–water partition coefficient (Wildman–Crippen LogP) is 4.98. The summed E-state index contributed by atoms with van der Waals surface area (Å²) in [6, 6.07) is 15.9. The third-order valence-corrected chi connectivity index (χ3v) is 4.86. The maximum atomic E-state index is 3.50. The Balaban J connectivity index is 1.77. The first-order chi connectivity index (χ1) is 9.92. The van der Waals surface area contributed by atoms with Gasteiger partial charge in [-0.3, -0.25) is 0 Å². The number of fused-ring (bicyclic) bond motifs is 1. The van der Waals surface area contributed by atoms with Crippen LogP contribution in [0.4, 0.5) is 5.69 Å². The van der Waals surface area contributed by atoms with E-state index >= 15 is 0 Å². The number of hydrogen-bond donors (Lipinski definition) is 1. The smallest absolute Gasteiger partial charge is 0.0373 e. The highest BCUT2D eigenvalue weighted by Crippen LogP contribution is 2.41. The Morgan fingerprint density at radius 1 is 0.950 bits per heavy atom. The molecule has 0 radical (unpaired) electrons. The molecule has 20 heavy (non-hydrogen) atoms. The van der Waals surface area contributed by atoms with Crippen LogP contribution in [0.3, 0.4) is 0 Å². The minimum absolute atomic E-state index is 0.792. The summed E-state index contributed by atoms with van der Waals surface area (Å²) < 4.78 is 0. The van der Waals surface area contributed by atoms with Gasteiger partial charge in [0.15, 0.2) is 0 Å². The molecule has 2 aromatic rings. The summed E-state index contributed by atoms with van der Waals surface area (Å²) in [6.45, 7) is 1.12. The van der Waals surface area contributed by atoms with Gasteiger partial charge >= 0.3 is 0 Å². The SMILES string of the molecule is c1ccc(C2CCC2)c(-c2ccc3c(c2)CCCN3)c1. The van der Waals surface area contributed by atoms with E-state index < -0.39 is 0 Å². The van der Waals surface area contributed by atoms with Crippen molar-refractivity contribution in [3.63, 3.8) is 0 Å². The summed E-state index contributed by atoms with van der Waals surface area (Å²) >= 11 is 0. The van der Waals surface area contributed by atoms with Gasteiger partial charge in [0, 0.05) is 12.2 Å². The third-order valence-electron chi connectivity index (χ3n) is 4.86. The van der Waals surface area contributed by atoms with Gasteiger partial charge in [-0.05, 0) is 66.0 Å². The van der Waals surface area contributed by atoms with E-state index in [1.54, 1.807) is 5.56 Å². The van der Waals surface area contributed by atoms with Crippen LogP contribution in [0.2, 0.25) is 0 Å². The highest BCUT2D eigenvalue weighted by atomic mass is 14.9. The normalized spacial score (nSPS) is 18.0. The molecule has 2 aromatic carbocycles. The fourth-order valence-electron chi connectivity index (χ4n) is 3.48. The molecular weight excluding hydrogens is 242 g/mol. The average Bonchev–Trinajstić information content (AvgIpc) is 2.46. The minimum atomic E-state index is 0.792. The second kappa shape index (κ2) is 4.97.